The monoisotopic (exact) mass is 273 g/mol. The van der Waals surface area contributed by atoms with Crippen molar-refractivity contribution in [3.8, 4) is 0 Å². The van der Waals surface area contributed by atoms with Gasteiger partial charge in [0, 0.05) is 19.3 Å². The maximum atomic E-state index is 13.2. The predicted molar refractivity (Wildman–Crippen MR) is 80.4 cm³/mol. The van der Waals surface area contributed by atoms with E-state index in [9.17, 15) is 9.50 Å². The normalized spacial score (nSPS) is 12.2. The van der Waals surface area contributed by atoms with E-state index in [1.165, 1.54) is 6.07 Å². The summed E-state index contributed by atoms with van der Waals surface area (Å²) in [7, 11) is 2.00. The van der Waals surface area contributed by atoms with Crippen LogP contribution >= 0.6 is 0 Å². The van der Waals surface area contributed by atoms with Crippen LogP contribution < -0.4 is 4.90 Å². The van der Waals surface area contributed by atoms with Crippen molar-refractivity contribution in [3.05, 3.63) is 65.5 Å². The molecule has 2 aromatic rings. The molecule has 0 aliphatic heterocycles. The third kappa shape index (κ3) is 3.58. The molecular weight excluding hydrogens is 253 g/mol. The molecule has 106 valence electrons. The standard InChI is InChI=1S/C17H20FNO/c1-13-12-14(8-9-16(13)18)17(20)10-11-19(2)15-6-4-3-5-7-15/h3-9,12,17,20H,10-11H2,1-2H3. The minimum Gasteiger partial charge on any atom is -0.388 e. The van der Waals surface area contributed by atoms with E-state index in [4.69, 9.17) is 0 Å². The lowest BCUT2D eigenvalue weighted by Gasteiger charge is -2.21. The molecule has 0 saturated carbocycles. The Bertz CT molecular complexity index is 556. The number of para-hydroxylation sites is 1. The van der Waals surface area contributed by atoms with Gasteiger partial charge in [-0.1, -0.05) is 30.3 Å². The minimum absolute atomic E-state index is 0.234. The zero-order chi connectivity index (χ0) is 14.5. The lowest BCUT2D eigenvalue weighted by molar-refractivity contribution is 0.169. The zero-order valence-corrected chi connectivity index (χ0v) is 11.9. The summed E-state index contributed by atoms with van der Waals surface area (Å²) < 4.78 is 13.2. The molecule has 1 unspecified atom stereocenters. The van der Waals surface area contributed by atoms with Crippen molar-refractivity contribution in [3.63, 3.8) is 0 Å². The average molecular weight is 273 g/mol. The van der Waals surface area contributed by atoms with Gasteiger partial charge in [-0.05, 0) is 42.7 Å². The molecule has 0 bridgehead atoms. The fourth-order valence-corrected chi connectivity index (χ4v) is 2.17. The SMILES string of the molecule is Cc1cc(C(O)CCN(C)c2ccccc2)ccc1F. The van der Waals surface area contributed by atoms with Crippen LogP contribution in [0.25, 0.3) is 0 Å². The van der Waals surface area contributed by atoms with Gasteiger partial charge >= 0.3 is 0 Å². The maximum absolute atomic E-state index is 13.2. The summed E-state index contributed by atoms with van der Waals surface area (Å²) in [5, 5.41) is 10.2. The van der Waals surface area contributed by atoms with E-state index in [1.54, 1.807) is 19.1 Å². The van der Waals surface area contributed by atoms with Crippen LogP contribution in [0.2, 0.25) is 0 Å². The fraction of sp³-hybridized carbons (Fsp3) is 0.294. The smallest absolute Gasteiger partial charge is 0.126 e. The summed E-state index contributed by atoms with van der Waals surface area (Å²) in [6, 6.07) is 14.8. The van der Waals surface area contributed by atoms with E-state index in [1.807, 2.05) is 37.4 Å². The largest absolute Gasteiger partial charge is 0.388 e. The van der Waals surface area contributed by atoms with E-state index >= 15 is 0 Å². The van der Waals surface area contributed by atoms with Gasteiger partial charge < -0.3 is 10.0 Å². The highest BCUT2D eigenvalue weighted by molar-refractivity contribution is 5.44. The summed E-state index contributed by atoms with van der Waals surface area (Å²) >= 11 is 0. The molecule has 0 aliphatic carbocycles. The summed E-state index contributed by atoms with van der Waals surface area (Å²) in [4.78, 5) is 2.10. The van der Waals surface area contributed by atoms with E-state index in [-0.39, 0.29) is 5.82 Å². The van der Waals surface area contributed by atoms with Crippen molar-refractivity contribution in [1.82, 2.24) is 0 Å². The van der Waals surface area contributed by atoms with E-state index in [0.717, 1.165) is 17.8 Å². The predicted octanol–water partition coefficient (Wildman–Crippen LogP) is 3.69. The van der Waals surface area contributed by atoms with Crippen LogP contribution in [0.3, 0.4) is 0 Å². The molecule has 2 rings (SSSR count). The second-order valence-electron chi connectivity index (χ2n) is 5.07. The van der Waals surface area contributed by atoms with Crippen LogP contribution in [-0.2, 0) is 0 Å². The number of benzene rings is 2. The van der Waals surface area contributed by atoms with Gasteiger partial charge in [0.15, 0.2) is 0 Å². The first kappa shape index (κ1) is 14.5. The summed E-state index contributed by atoms with van der Waals surface area (Å²) in [6.45, 7) is 2.45. The van der Waals surface area contributed by atoms with Gasteiger partial charge in [-0.25, -0.2) is 4.39 Å². The molecule has 0 radical (unpaired) electrons. The summed E-state index contributed by atoms with van der Waals surface area (Å²) in [5.41, 5.74) is 2.46. The Morgan fingerprint density at radius 1 is 1.15 bits per heavy atom. The Morgan fingerprint density at radius 2 is 1.85 bits per heavy atom. The fourth-order valence-electron chi connectivity index (χ4n) is 2.17. The molecular formula is C17H20FNO. The number of anilines is 1. The van der Waals surface area contributed by atoms with Gasteiger partial charge in [0.2, 0.25) is 0 Å². The molecule has 0 aromatic heterocycles. The molecule has 1 N–H and O–H groups in total. The van der Waals surface area contributed by atoms with Gasteiger partial charge in [0.25, 0.3) is 0 Å². The van der Waals surface area contributed by atoms with Crippen LogP contribution in [0.4, 0.5) is 10.1 Å². The zero-order valence-electron chi connectivity index (χ0n) is 11.9. The van der Waals surface area contributed by atoms with Gasteiger partial charge in [0.1, 0.15) is 5.82 Å². The minimum atomic E-state index is -0.569. The van der Waals surface area contributed by atoms with Crippen molar-refractivity contribution in [1.29, 1.82) is 0 Å². The third-order valence-corrected chi connectivity index (χ3v) is 3.50. The number of aryl methyl sites for hydroxylation is 1. The molecule has 20 heavy (non-hydrogen) atoms. The molecule has 2 aromatic carbocycles. The number of aliphatic hydroxyl groups excluding tert-OH is 1. The summed E-state index contributed by atoms with van der Waals surface area (Å²) in [5.74, 6) is -0.234. The molecule has 0 saturated heterocycles. The Kier molecular flexibility index (Phi) is 4.74. The number of rotatable bonds is 5. The quantitative estimate of drug-likeness (QED) is 0.898. The molecule has 3 heteroatoms. The Labute approximate surface area is 119 Å². The lowest BCUT2D eigenvalue weighted by atomic mass is 10.0. The highest BCUT2D eigenvalue weighted by Crippen LogP contribution is 2.21. The summed E-state index contributed by atoms with van der Waals surface area (Å²) in [6.07, 6.45) is 0.0386. The first-order valence-corrected chi connectivity index (χ1v) is 6.78. The van der Waals surface area contributed by atoms with Crippen molar-refractivity contribution in [2.45, 2.75) is 19.4 Å². The number of hydrogen-bond acceptors (Lipinski definition) is 2. The van der Waals surface area contributed by atoms with Crippen LogP contribution in [0.1, 0.15) is 23.7 Å². The highest BCUT2D eigenvalue weighted by Gasteiger charge is 2.10. The molecule has 0 amide bonds. The second-order valence-corrected chi connectivity index (χ2v) is 5.07. The van der Waals surface area contributed by atoms with Gasteiger partial charge in [0.05, 0.1) is 6.10 Å². The number of halogens is 1. The van der Waals surface area contributed by atoms with Crippen LogP contribution in [0.5, 0.6) is 0 Å². The first-order chi connectivity index (χ1) is 9.58. The molecule has 2 nitrogen and oxygen atoms in total. The van der Waals surface area contributed by atoms with Crippen LogP contribution in [0, 0.1) is 12.7 Å². The third-order valence-electron chi connectivity index (χ3n) is 3.50. The van der Waals surface area contributed by atoms with Crippen molar-refractivity contribution in [2.24, 2.45) is 0 Å². The number of hydrogen-bond donors (Lipinski definition) is 1. The number of aliphatic hydroxyl groups is 1. The van der Waals surface area contributed by atoms with Crippen molar-refractivity contribution >= 4 is 5.69 Å². The second kappa shape index (κ2) is 6.53. The molecule has 0 fully saturated rings. The van der Waals surface area contributed by atoms with Crippen molar-refractivity contribution in [2.75, 3.05) is 18.5 Å². The number of nitrogens with zero attached hydrogens (tertiary/aromatic N) is 1. The average Bonchev–Trinajstić information content (AvgIpc) is 2.48. The van der Waals surface area contributed by atoms with Crippen LogP contribution in [-0.4, -0.2) is 18.7 Å². The van der Waals surface area contributed by atoms with E-state index in [0.29, 0.717) is 12.0 Å². The Balaban J connectivity index is 1.95. The van der Waals surface area contributed by atoms with Gasteiger partial charge in [-0.2, -0.15) is 0 Å². The van der Waals surface area contributed by atoms with E-state index < -0.39 is 6.10 Å². The Hall–Kier alpha value is -1.87. The van der Waals surface area contributed by atoms with E-state index in [2.05, 4.69) is 4.90 Å². The van der Waals surface area contributed by atoms with Crippen molar-refractivity contribution < 1.29 is 9.50 Å². The molecule has 0 aliphatic rings. The molecule has 0 heterocycles. The molecule has 0 spiro atoms. The lowest BCUT2D eigenvalue weighted by Crippen LogP contribution is -2.20. The van der Waals surface area contributed by atoms with Gasteiger partial charge in [-0.3, -0.25) is 0 Å². The molecule has 1 atom stereocenters. The van der Waals surface area contributed by atoms with Gasteiger partial charge in [-0.15, -0.1) is 0 Å². The van der Waals surface area contributed by atoms with Crippen LogP contribution in [0.15, 0.2) is 48.5 Å². The topological polar surface area (TPSA) is 23.5 Å². The highest BCUT2D eigenvalue weighted by atomic mass is 19.1. The first-order valence-electron chi connectivity index (χ1n) is 6.78. The maximum Gasteiger partial charge on any atom is 0.126 e. The Morgan fingerprint density at radius 3 is 2.50 bits per heavy atom.